The van der Waals surface area contributed by atoms with Gasteiger partial charge in [0.1, 0.15) is 17.5 Å². The molecule has 1 aromatic heterocycles. The summed E-state index contributed by atoms with van der Waals surface area (Å²) in [6.07, 6.45) is -0.290. The number of nitrogens with zero attached hydrogens (tertiary/aromatic N) is 3. The molecule has 6 nitrogen and oxygen atoms in total. The lowest BCUT2D eigenvalue weighted by Crippen LogP contribution is -2.32. The van der Waals surface area contributed by atoms with E-state index in [1.165, 1.54) is 0 Å². The fourth-order valence-electron chi connectivity index (χ4n) is 1.33. The maximum atomic E-state index is 5.65. The van der Waals surface area contributed by atoms with E-state index in [4.69, 9.17) is 15.2 Å². The minimum Gasteiger partial charge on any atom is -0.384 e. The molecule has 0 unspecified atom stereocenters. The minimum absolute atomic E-state index is 0.290. The molecule has 0 aromatic carbocycles. The SMILES string of the molecule is COC(CN(C)c1cc(N)nc(C)n1)OC. The van der Waals surface area contributed by atoms with Crippen molar-refractivity contribution >= 4 is 11.6 Å². The molecule has 0 aliphatic carbocycles. The Kier molecular flexibility index (Phi) is 4.45. The third-order valence-electron chi connectivity index (χ3n) is 2.18. The average molecular weight is 226 g/mol. The van der Waals surface area contributed by atoms with E-state index in [9.17, 15) is 0 Å². The van der Waals surface area contributed by atoms with Crippen molar-refractivity contribution in [3.05, 3.63) is 11.9 Å². The Morgan fingerprint density at radius 3 is 2.50 bits per heavy atom. The Hall–Kier alpha value is -1.40. The van der Waals surface area contributed by atoms with Gasteiger partial charge < -0.3 is 20.1 Å². The minimum atomic E-state index is -0.290. The van der Waals surface area contributed by atoms with Crippen LogP contribution in [0.5, 0.6) is 0 Å². The maximum Gasteiger partial charge on any atom is 0.174 e. The number of nitrogen functional groups attached to an aromatic ring is 1. The van der Waals surface area contributed by atoms with E-state index >= 15 is 0 Å². The molecule has 0 bridgehead atoms. The van der Waals surface area contributed by atoms with E-state index in [2.05, 4.69) is 9.97 Å². The highest BCUT2D eigenvalue weighted by atomic mass is 16.7. The van der Waals surface area contributed by atoms with Crippen LogP contribution >= 0.6 is 0 Å². The number of hydrogen-bond acceptors (Lipinski definition) is 6. The van der Waals surface area contributed by atoms with Gasteiger partial charge in [0, 0.05) is 27.3 Å². The number of hydrogen-bond donors (Lipinski definition) is 1. The Morgan fingerprint density at radius 2 is 2.00 bits per heavy atom. The molecule has 0 fully saturated rings. The van der Waals surface area contributed by atoms with Gasteiger partial charge in [0.25, 0.3) is 0 Å². The van der Waals surface area contributed by atoms with Gasteiger partial charge in [0.2, 0.25) is 0 Å². The second-order valence-electron chi connectivity index (χ2n) is 3.48. The Bertz CT molecular complexity index is 321. The summed E-state index contributed by atoms with van der Waals surface area (Å²) in [6, 6.07) is 1.72. The van der Waals surface area contributed by atoms with Crippen LogP contribution in [0.1, 0.15) is 5.82 Å². The summed E-state index contributed by atoms with van der Waals surface area (Å²) in [6.45, 7) is 2.38. The fourth-order valence-corrected chi connectivity index (χ4v) is 1.33. The second-order valence-corrected chi connectivity index (χ2v) is 3.48. The first-order valence-electron chi connectivity index (χ1n) is 4.94. The first-order valence-corrected chi connectivity index (χ1v) is 4.94. The summed E-state index contributed by atoms with van der Waals surface area (Å²) in [5, 5.41) is 0. The third-order valence-corrected chi connectivity index (χ3v) is 2.18. The van der Waals surface area contributed by atoms with Crippen LogP contribution in [-0.4, -0.2) is 44.1 Å². The highest BCUT2D eigenvalue weighted by Gasteiger charge is 2.11. The van der Waals surface area contributed by atoms with Gasteiger partial charge in [-0.2, -0.15) is 0 Å². The van der Waals surface area contributed by atoms with Crippen molar-refractivity contribution in [2.24, 2.45) is 0 Å². The lowest BCUT2D eigenvalue weighted by molar-refractivity contribution is -0.0944. The summed E-state index contributed by atoms with van der Waals surface area (Å²) in [5.41, 5.74) is 5.65. The quantitative estimate of drug-likeness (QED) is 0.734. The zero-order valence-corrected chi connectivity index (χ0v) is 10.1. The largest absolute Gasteiger partial charge is 0.384 e. The number of methoxy groups -OCH3 is 2. The zero-order chi connectivity index (χ0) is 12.1. The van der Waals surface area contributed by atoms with Gasteiger partial charge >= 0.3 is 0 Å². The van der Waals surface area contributed by atoms with Crippen LogP contribution in [-0.2, 0) is 9.47 Å². The number of nitrogens with two attached hydrogens (primary N) is 1. The molecule has 90 valence electrons. The van der Waals surface area contributed by atoms with Crippen LogP contribution in [0.2, 0.25) is 0 Å². The normalized spacial score (nSPS) is 10.8. The topological polar surface area (TPSA) is 73.5 Å². The Balaban J connectivity index is 2.75. The first-order chi connectivity index (χ1) is 7.56. The fraction of sp³-hybridized carbons (Fsp3) is 0.600. The highest BCUT2D eigenvalue weighted by Crippen LogP contribution is 2.13. The van der Waals surface area contributed by atoms with Crippen LogP contribution in [0.15, 0.2) is 6.07 Å². The van der Waals surface area contributed by atoms with E-state index in [0.29, 0.717) is 18.2 Å². The number of likely N-dealkylation sites (N-methyl/N-ethyl adjacent to an activating group) is 1. The van der Waals surface area contributed by atoms with Crippen LogP contribution in [0, 0.1) is 6.92 Å². The summed E-state index contributed by atoms with van der Waals surface area (Å²) < 4.78 is 10.2. The molecule has 0 atom stereocenters. The van der Waals surface area contributed by atoms with Crippen molar-refractivity contribution in [1.29, 1.82) is 0 Å². The molecule has 0 radical (unpaired) electrons. The van der Waals surface area contributed by atoms with Crippen molar-refractivity contribution in [2.45, 2.75) is 13.2 Å². The summed E-state index contributed by atoms with van der Waals surface area (Å²) >= 11 is 0. The van der Waals surface area contributed by atoms with Gasteiger partial charge in [0.15, 0.2) is 6.29 Å². The molecule has 0 aliphatic rings. The summed E-state index contributed by atoms with van der Waals surface area (Å²) in [7, 11) is 5.09. The van der Waals surface area contributed by atoms with E-state index in [1.807, 2.05) is 11.9 Å². The highest BCUT2D eigenvalue weighted by molar-refractivity contribution is 5.46. The number of anilines is 2. The molecular weight excluding hydrogens is 208 g/mol. The van der Waals surface area contributed by atoms with Gasteiger partial charge in [-0.3, -0.25) is 0 Å². The molecule has 0 amide bonds. The molecule has 0 aliphatic heterocycles. The number of rotatable bonds is 5. The first kappa shape index (κ1) is 12.7. The number of aryl methyl sites for hydroxylation is 1. The van der Waals surface area contributed by atoms with Gasteiger partial charge in [-0.25, -0.2) is 9.97 Å². The zero-order valence-electron chi connectivity index (χ0n) is 10.1. The molecule has 1 aromatic rings. The van der Waals surface area contributed by atoms with Gasteiger partial charge in [-0.1, -0.05) is 0 Å². The predicted molar refractivity (Wildman–Crippen MR) is 62.3 cm³/mol. The molecule has 6 heteroatoms. The van der Waals surface area contributed by atoms with Gasteiger partial charge in [0.05, 0.1) is 6.54 Å². The van der Waals surface area contributed by atoms with Crippen molar-refractivity contribution in [3.8, 4) is 0 Å². The summed E-state index contributed by atoms with van der Waals surface area (Å²) in [5.74, 6) is 1.86. The predicted octanol–water partition coefficient (Wildman–Crippen LogP) is 0.422. The van der Waals surface area contributed by atoms with E-state index in [-0.39, 0.29) is 6.29 Å². The van der Waals surface area contributed by atoms with Gasteiger partial charge in [-0.15, -0.1) is 0 Å². The molecule has 2 N–H and O–H groups in total. The summed E-state index contributed by atoms with van der Waals surface area (Å²) in [4.78, 5) is 10.2. The molecule has 0 saturated carbocycles. The van der Waals surface area contributed by atoms with Crippen molar-refractivity contribution in [2.75, 3.05) is 38.4 Å². The molecule has 1 rings (SSSR count). The van der Waals surface area contributed by atoms with E-state index < -0.39 is 0 Å². The Labute approximate surface area is 95.4 Å². The molecular formula is C10H18N4O2. The number of ether oxygens (including phenoxy) is 2. The van der Waals surface area contributed by atoms with E-state index in [0.717, 1.165) is 5.82 Å². The van der Waals surface area contributed by atoms with Crippen LogP contribution in [0.3, 0.4) is 0 Å². The molecule has 1 heterocycles. The van der Waals surface area contributed by atoms with Crippen molar-refractivity contribution < 1.29 is 9.47 Å². The monoisotopic (exact) mass is 226 g/mol. The van der Waals surface area contributed by atoms with Crippen LogP contribution in [0.4, 0.5) is 11.6 Å². The Morgan fingerprint density at radius 1 is 1.38 bits per heavy atom. The average Bonchev–Trinajstić information content (AvgIpc) is 2.24. The lowest BCUT2D eigenvalue weighted by Gasteiger charge is -2.23. The second kappa shape index (κ2) is 5.62. The molecule has 0 saturated heterocycles. The lowest BCUT2D eigenvalue weighted by atomic mass is 10.4. The number of aromatic nitrogens is 2. The molecule has 0 spiro atoms. The van der Waals surface area contributed by atoms with Crippen LogP contribution in [0.25, 0.3) is 0 Å². The standard InChI is InChI=1S/C10H18N4O2/c1-7-12-8(11)5-9(13-7)14(2)6-10(15-3)16-4/h5,10H,6H2,1-4H3,(H2,11,12,13). The van der Waals surface area contributed by atoms with Crippen LogP contribution < -0.4 is 10.6 Å². The molecule has 16 heavy (non-hydrogen) atoms. The third kappa shape index (κ3) is 3.32. The van der Waals surface area contributed by atoms with Gasteiger partial charge in [-0.05, 0) is 6.92 Å². The van der Waals surface area contributed by atoms with Crippen molar-refractivity contribution in [3.63, 3.8) is 0 Å². The maximum absolute atomic E-state index is 5.65. The smallest absolute Gasteiger partial charge is 0.174 e. The van der Waals surface area contributed by atoms with Crippen molar-refractivity contribution in [1.82, 2.24) is 9.97 Å². The van der Waals surface area contributed by atoms with E-state index in [1.54, 1.807) is 27.2 Å².